The predicted molar refractivity (Wildman–Crippen MR) is 64.1 cm³/mol. The van der Waals surface area contributed by atoms with E-state index in [4.69, 9.17) is 5.11 Å². The lowest BCUT2D eigenvalue weighted by molar-refractivity contribution is -0.141. The molecular weight excluding hydrogens is 208 g/mol. The molecule has 1 aromatic rings. The Balaban J connectivity index is 2.92. The molecule has 0 heterocycles. The SMILES string of the molecule is CCC(C(=O)O)[C@H](SC)c1ccccc1. The van der Waals surface area contributed by atoms with Gasteiger partial charge in [-0.05, 0) is 18.2 Å². The molecule has 82 valence electrons. The average Bonchev–Trinajstić information content (AvgIpc) is 2.26. The van der Waals surface area contributed by atoms with Crippen molar-refractivity contribution in [3.8, 4) is 0 Å². The van der Waals surface area contributed by atoms with Gasteiger partial charge in [0.2, 0.25) is 0 Å². The van der Waals surface area contributed by atoms with E-state index in [9.17, 15) is 4.79 Å². The van der Waals surface area contributed by atoms with Crippen LogP contribution in [0.15, 0.2) is 30.3 Å². The molecule has 0 amide bonds. The van der Waals surface area contributed by atoms with Crippen molar-refractivity contribution in [2.24, 2.45) is 5.92 Å². The lowest BCUT2D eigenvalue weighted by Gasteiger charge is -2.21. The van der Waals surface area contributed by atoms with Crippen LogP contribution in [0.5, 0.6) is 0 Å². The maximum atomic E-state index is 11.1. The molecule has 0 bridgehead atoms. The summed E-state index contributed by atoms with van der Waals surface area (Å²) in [6, 6.07) is 9.84. The molecule has 0 aliphatic rings. The third-order valence-electron chi connectivity index (χ3n) is 2.50. The molecule has 3 heteroatoms. The third kappa shape index (κ3) is 2.99. The van der Waals surface area contributed by atoms with E-state index >= 15 is 0 Å². The summed E-state index contributed by atoms with van der Waals surface area (Å²) in [7, 11) is 0. The van der Waals surface area contributed by atoms with Crippen LogP contribution in [-0.2, 0) is 4.79 Å². The Morgan fingerprint density at radius 2 is 2.00 bits per heavy atom. The molecule has 0 radical (unpaired) electrons. The maximum Gasteiger partial charge on any atom is 0.307 e. The van der Waals surface area contributed by atoms with Crippen LogP contribution >= 0.6 is 11.8 Å². The van der Waals surface area contributed by atoms with Gasteiger partial charge in [0.1, 0.15) is 0 Å². The van der Waals surface area contributed by atoms with Crippen LogP contribution < -0.4 is 0 Å². The third-order valence-corrected chi connectivity index (χ3v) is 3.61. The minimum absolute atomic E-state index is 0.0497. The quantitative estimate of drug-likeness (QED) is 0.834. The minimum Gasteiger partial charge on any atom is -0.481 e. The van der Waals surface area contributed by atoms with Gasteiger partial charge >= 0.3 is 5.97 Å². The number of thioether (sulfide) groups is 1. The molecule has 0 aliphatic heterocycles. The molecule has 15 heavy (non-hydrogen) atoms. The first-order chi connectivity index (χ1) is 7.20. The van der Waals surface area contributed by atoms with Gasteiger partial charge in [-0.25, -0.2) is 0 Å². The summed E-state index contributed by atoms with van der Waals surface area (Å²) in [6.45, 7) is 1.92. The van der Waals surface area contributed by atoms with Crippen LogP contribution in [-0.4, -0.2) is 17.3 Å². The zero-order valence-electron chi connectivity index (χ0n) is 9.01. The molecule has 1 aromatic carbocycles. The van der Waals surface area contributed by atoms with Crippen molar-refractivity contribution in [3.05, 3.63) is 35.9 Å². The van der Waals surface area contributed by atoms with E-state index in [-0.39, 0.29) is 11.2 Å². The van der Waals surface area contributed by atoms with Crippen LogP contribution in [0.25, 0.3) is 0 Å². The van der Waals surface area contributed by atoms with Crippen LogP contribution in [0.1, 0.15) is 24.2 Å². The second kappa shape index (κ2) is 5.81. The summed E-state index contributed by atoms with van der Waals surface area (Å²) >= 11 is 1.60. The van der Waals surface area contributed by atoms with Crippen LogP contribution in [0.3, 0.4) is 0 Å². The molecule has 1 rings (SSSR count). The fourth-order valence-corrected chi connectivity index (χ4v) is 2.76. The molecule has 0 saturated carbocycles. The molecule has 0 saturated heterocycles. The summed E-state index contributed by atoms with van der Waals surface area (Å²) in [5.74, 6) is -1.01. The number of carbonyl (C=O) groups is 1. The summed E-state index contributed by atoms with van der Waals surface area (Å²) in [4.78, 5) is 11.1. The fourth-order valence-electron chi connectivity index (χ4n) is 1.69. The second-order valence-electron chi connectivity index (χ2n) is 3.42. The first-order valence-corrected chi connectivity index (χ1v) is 6.30. The Labute approximate surface area is 94.7 Å². The standard InChI is InChI=1S/C12H16O2S/c1-3-10(12(13)14)11(15-2)9-7-5-4-6-8-9/h4-8,10-11H,3H2,1-2H3,(H,13,14)/t10?,11-/m1/s1. The van der Waals surface area contributed by atoms with Crippen LogP contribution in [0, 0.1) is 5.92 Å². The number of hydrogen-bond acceptors (Lipinski definition) is 2. The molecule has 0 aliphatic carbocycles. The Morgan fingerprint density at radius 1 is 1.40 bits per heavy atom. The van der Waals surface area contributed by atoms with E-state index in [1.54, 1.807) is 11.8 Å². The molecular formula is C12H16O2S. The molecule has 0 spiro atoms. The number of hydrogen-bond donors (Lipinski definition) is 1. The lowest BCUT2D eigenvalue weighted by atomic mass is 9.96. The van der Waals surface area contributed by atoms with Gasteiger partial charge in [-0.3, -0.25) is 4.79 Å². The van der Waals surface area contributed by atoms with Crippen molar-refractivity contribution in [2.75, 3.05) is 6.26 Å². The smallest absolute Gasteiger partial charge is 0.307 e. The topological polar surface area (TPSA) is 37.3 Å². The number of rotatable bonds is 5. The molecule has 2 nitrogen and oxygen atoms in total. The van der Waals surface area contributed by atoms with E-state index in [2.05, 4.69) is 0 Å². The van der Waals surface area contributed by atoms with Crippen molar-refractivity contribution in [2.45, 2.75) is 18.6 Å². The van der Waals surface area contributed by atoms with E-state index < -0.39 is 5.97 Å². The molecule has 0 aromatic heterocycles. The van der Waals surface area contributed by atoms with Gasteiger partial charge in [0.25, 0.3) is 0 Å². The number of carboxylic acids is 1. The highest BCUT2D eigenvalue weighted by molar-refractivity contribution is 7.98. The zero-order chi connectivity index (χ0) is 11.3. The van der Waals surface area contributed by atoms with Crippen molar-refractivity contribution in [1.82, 2.24) is 0 Å². The highest BCUT2D eigenvalue weighted by Gasteiger charge is 2.26. The number of benzene rings is 1. The molecule has 2 atom stereocenters. The van der Waals surface area contributed by atoms with E-state index in [1.807, 2.05) is 43.5 Å². The van der Waals surface area contributed by atoms with Crippen molar-refractivity contribution < 1.29 is 9.90 Å². The van der Waals surface area contributed by atoms with Gasteiger partial charge in [0.05, 0.1) is 5.92 Å². The van der Waals surface area contributed by atoms with Crippen molar-refractivity contribution in [1.29, 1.82) is 0 Å². The van der Waals surface area contributed by atoms with E-state index in [1.165, 1.54) is 0 Å². The van der Waals surface area contributed by atoms with E-state index in [0.29, 0.717) is 6.42 Å². The summed E-state index contributed by atoms with van der Waals surface area (Å²) in [5.41, 5.74) is 1.10. The van der Waals surface area contributed by atoms with Gasteiger partial charge in [-0.1, -0.05) is 37.3 Å². The van der Waals surface area contributed by atoms with Gasteiger partial charge in [0.15, 0.2) is 0 Å². The number of aliphatic carboxylic acids is 1. The Kier molecular flexibility index (Phi) is 4.69. The number of carboxylic acid groups (broad SMARTS) is 1. The lowest BCUT2D eigenvalue weighted by Crippen LogP contribution is -2.19. The van der Waals surface area contributed by atoms with Gasteiger partial charge in [-0.2, -0.15) is 11.8 Å². The van der Waals surface area contributed by atoms with Crippen LogP contribution in [0.2, 0.25) is 0 Å². The Morgan fingerprint density at radius 3 is 2.40 bits per heavy atom. The molecule has 1 unspecified atom stereocenters. The highest BCUT2D eigenvalue weighted by Crippen LogP contribution is 2.35. The predicted octanol–water partition coefficient (Wildman–Crippen LogP) is 3.20. The summed E-state index contributed by atoms with van der Waals surface area (Å²) < 4.78 is 0. The highest BCUT2D eigenvalue weighted by atomic mass is 32.2. The second-order valence-corrected chi connectivity index (χ2v) is 4.40. The Hall–Kier alpha value is -0.960. The van der Waals surface area contributed by atoms with Crippen LogP contribution in [0.4, 0.5) is 0 Å². The first kappa shape index (κ1) is 12.1. The van der Waals surface area contributed by atoms with Crippen molar-refractivity contribution in [3.63, 3.8) is 0 Å². The summed E-state index contributed by atoms with van der Waals surface area (Å²) in [6.07, 6.45) is 2.62. The zero-order valence-corrected chi connectivity index (χ0v) is 9.83. The maximum absolute atomic E-state index is 11.1. The van der Waals surface area contributed by atoms with Gasteiger partial charge in [0, 0.05) is 5.25 Å². The van der Waals surface area contributed by atoms with Crippen molar-refractivity contribution >= 4 is 17.7 Å². The monoisotopic (exact) mass is 224 g/mol. The fraction of sp³-hybridized carbons (Fsp3) is 0.417. The first-order valence-electron chi connectivity index (χ1n) is 5.01. The largest absolute Gasteiger partial charge is 0.481 e. The van der Waals surface area contributed by atoms with Gasteiger partial charge in [-0.15, -0.1) is 0 Å². The van der Waals surface area contributed by atoms with Gasteiger partial charge < -0.3 is 5.11 Å². The Bertz CT molecular complexity index is 311. The molecule has 0 fully saturated rings. The van der Waals surface area contributed by atoms with E-state index in [0.717, 1.165) is 5.56 Å². The normalized spacial score (nSPS) is 14.5. The average molecular weight is 224 g/mol. The molecule has 1 N–H and O–H groups in total. The summed E-state index contributed by atoms with van der Waals surface area (Å²) in [5, 5.41) is 9.17. The minimum atomic E-state index is -0.708.